The Morgan fingerprint density at radius 3 is 2.53 bits per heavy atom. The molecule has 2 N–H and O–H groups in total. The molecule has 34 heavy (non-hydrogen) atoms. The number of carbonyl (C=O) groups is 1. The van der Waals surface area contributed by atoms with Crippen molar-refractivity contribution >= 4 is 29.0 Å². The number of nitrogens with one attached hydrogen (secondary N) is 2. The number of halogens is 1. The van der Waals surface area contributed by atoms with Crippen molar-refractivity contribution in [3.8, 4) is 5.75 Å². The van der Waals surface area contributed by atoms with E-state index in [-0.39, 0.29) is 12.1 Å². The summed E-state index contributed by atoms with van der Waals surface area (Å²) in [6.07, 6.45) is 0.994. The summed E-state index contributed by atoms with van der Waals surface area (Å²) in [4.78, 5) is 17.3. The minimum atomic E-state index is -0.298. The van der Waals surface area contributed by atoms with E-state index in [0.717, 1.165) is 25.2 Å². The Morgan fingerprint density at radius 1 is 1.09 bits per heavy atom. The van der Waals surface area contributed by atoms with E-state index in [2.05, 4.69) is 69.0 Å². The van der Waals surface area contributed by atoms with Crippen LogP contribution in [0.2, 0.25) is 5.02 Å². The molecule has 1 aliphatic heterocycles. The van der Waals surface area contributed by atoms with Gasteiger partial charge in [-0.1, -0.05) is 48.0 Å². The van der Waals surface area contributed by atoms with Gasteiger partial charge in [0, 0.05) is 44.4 Å². The molecule has 0 fully saturated rings. The number of nitrogens with zero attached hydrogens (tertiary/aromatic N) is 2. The topological polar surface area (TPSA) is 56.8 Å². The summed E-state index contributed by atoms with van der Waals surface area (Å²) in [7, 11) is 5.63. The molecule has 0 radical (unpaired) electrons. The minimum absolute atomic E-state index is 0.0385. The molecule has 7 heteroatoms. The molecule has 1 aliphatic rings. The zero-order valence-electron chi connectivity index (χ0n) is 19.8. The van der Waals surface area contributed by atoms with Crippen molar-refractivity contribution in [2.45, 2.75) is 19.0 Å². The second-order valence-electron chi connectivity index (χ2n) is 8.67. The summed E-state index contributed by atoms with van der Waals surface area (Å²) >= 11 is 6.11. The average Bonchev–Trinajstić information content (AvgIpc) is 2.84. The highest BCUT2D eigenvalue weighted by atomic mass is 35.5. The number of rotatable bonds is 7. The predicted molar refractivity (Wildman–Crippen MR) is 139 cm³/mol. The number of amides is 2. The van der Waals surface area contributed by atoms with Gasteiger partial charge in [0.2, 0.25) is 0 Å². The van der Waals surface area contributed by atoms with Crippen molar-refractivity contribution in [3.63, 3.8) is 0 Å². The van der Waals surface area contributed by atoms with E-state index in [0.29, 0.717) is 23.0 Å². The highest BCUT2D eigenvalue weighted by molar-refractivity contribution is 6.31. The Labute approximate surface area is 206 Å². The first kappa shape index (κ1) is 23.9. The summed E-state index contributed by atoms with van der Waals surface area (Å²) in [5, 5.41) is 6.46. The quantitative estimate of drug-likeness (QED) is 0.481. The van der Waals surface area contributed by atoms with Gasteiger partial charge in [-0.3, -0.25) is 4.90 Å². The van der Waals surface area contributed by atoms with Crippen LogP contribution in [0.3, 0.4) is 0 Å². The van der Waals surface area contributed by atoms with Crippen LogP contribution in [0.15, 0.2) is 66.7 Å². The number of benzene rings is 3. The standard InChI is InChI=1S/C27H31ClN4O2/c1-31(2)23-11-8-20(9-12-23)25(32-15-14-19-6-4-5-7-21(19)18-32)17-29-27(33)30-24-16-22(28)10-13-26(24)34-3/h4-13,16,25H,14-15,17-18H2,1-3H3,(H2,29,30,33)/t25-/m0/s1. The van der Waals surface area contributed by atoms with Gasteiger partial charge < -0.3 is 20.3 Å². The largest absolute Gasteiger partial charge is 0.495 e. The Hall–Kier alpha value is -3.22. The molecule has 1 heterocycles. The lowest BCUT2D eigenvalue weighted by molar-refractivity contribution is 0.175. The number of methoxy groups -OCH3 is 1. The number of hydrogen-bond donors (Lipinski definition) is 2. The fourth-order valence-electron chi connectivity index (χ4n) is 4.37. The Kier molecular flexibility index (Phi) is 7.60. The van der Waals surface area contributed by atoms with E-state index in [1.54, 1.807) is 25.3 Å². The molecule has 178 valence electrons. The molecule has 0 bridgehead atoms. The zero-order chi connectivity index (χ0) is 24.1. The van der Waals surface area contributed by atoms with Crippen LogP contribution >= 0.6 is 11.6 Å². The maximum absolute atomic E-state index is 12.8. The fraction of sp³-hybridized carbons (Fsp3) is 0.296. The third kappa shape index (κ3) is 5.64. The second kappa shape index (κ2) is 10.8. The number of hydrogen-bond acceptors (Lipinski definition) is 4. The molecule has 0 aliphatic carbocycles. The van der Waals surface area contributed by atoms with Crippen LogP contribution in [-0.4, -0.2) is 45.2 Å². The number of carbonyl (C=O) groups excluding carboxylic acids is 1. The predicted octanol–water partition coefficient (Wildman–Crippen LogP) is 5.34. The highest BCUT2D eigenvalue weighted by Gasteiger charge is 2.25. The van der Waals surface area contributed by atoms with Crippen LogP contribution < -0.4 is 20.3 Å². The van der Waals surface area contributed by atoms with Gasteiger partial charge >= 0.3 is 6.03 Å². The Morgan fingerprint density at radius 2 is 1.82 bits per heavy atom. The summed E-state index contributed by atoms with van der Waals surface area (Å²) in [6.45, 7) is 2.25. The van der Waals surface area contributed by atoms with E-state index in [1.165, 1.54) is 16.7 Å². The van der Waals surface area contributed by atoms with Gasteiger partial charge in [0.15, 0.2) is 0 Å². The lowest BCUT2D eigenvalue weighted by atomic mass is 9.96. The normalized spacial score (nSPS) is 14.1. The number of fused-ring (bicyclic) bond motifs is 1. The molecule has 2 amide bonds. The summed E-state index contributed by atoms with van der Waals surface area (Å²) in [6, 6.07) is 22.0. The van der Waals surface area contributed by atoms with Gasteiger partial charge in [-0.05, 0) is 53.4 Å². The van der Waals surface area contributed by atoms with Gasteiger partial charge in [0.05, 0.1) is 18.8 Å². The van der Waals surface area contributed by atoms with Gasteiger partial charge in [-0.2, -0.15) is 0 Å². The molecule has 4 rings (SSSR count). The lowest BCUT2D eigenvalue weighted by Gasteiger charge is -2.36. The van der Waals surface area contributed by atoms with Crippen molar-refractivity contribution in [2.75, 3.05) is 44.5 Å². The van der Waals surface area contributed by atoms with E-state index in [1.807, 2.05) is 14.1 Å². The summed E-state index contributed by atoms with van der Waals surface area (Å²) in [5.41, 5.74) is 5.60. The van der Waals surface area contributed by atoms with Crippen LogP contribution in [0.25, 0.3) is 0 Å². The molecule has 0 spiro atoms. The monoisotopic (exact) mass is 478 g/mol. The van der Waals surface area contributed by atoms with E-state index < -0.39 is 0 Å². The first-order valence-corrected chi connectivity index (χ1v) is 11.8. The zero-order valence-corrected chi connectivity index (χ0v) is 20.6. The van der Waals surface area contributed by atoms with Crippen LogP contribution in [0, 0.1) is 0 Å². The maximum Gasteiger partial charge on any atom is 0.319 e. The van der Waals surface area contributed by atoms with Crippen LogP contribution in [0.5, 0.6) is 5.75 Å². The van der Waals surface area contributed by atoms with E-state index in [4.69, 9.17) is 16.3 Å². The Balaban J connectivity index is 1.51. The molecular weight excluding hydrogens is 448 g/mol. The van der Waals surface area contributed by atoms with E-state index >= 15 is 0 Å². The molecule has 3 aromatic rings. The average molecular weight is 479 g/mol. The van der Waals surface area contributed by atoms with Crippen LogP contribution in [-0.2, 0) is 13.0 Å². The lowest BCUT2D eigenvalue weighted by Crippen LogP contribution is -2.41. The van der Waals surface area contributed by atoms with Gasteiger partial charge in [0.25, 0.3) is 0 Å². The fourth-order valence-corrected chi connectivity index (χ4v) is 4.54. The molecule has 3 aromatic carbocycles. The molecule has 6 nitrogen and oxygen atoms in total. The molecule has 0 saturated heterocycles. The van der Waals surface area contributed by atoms with Gasteiger partial charge in [-0.25, -0.2) is 4.79 Å². The van der Waals surface area contributed by atoms with Gasteiger partial charge in [0.1, 0.15) is 5.75 Å². The highest BCUT2D eigenvalue weighted by Crippen LogP contribution is 2.30. The smallest absolute Gasteiger partial charge is 0.319 e. The summed E-state index contributed by atoms with van der Waals surface area (Å²) < 4.78 is 5.34. The van der Waals surface area contributed by atoms with Crippen LogP contribution in [0.4, 0.5) is 16.2 Å². The molecule has 0 aromatic heterocycles. The second-order valence-corrected chi connectivity index (χ2v) is 9.11. The van der Waals surface area contributed by atoms with Gasteiger partial charge in [-0.15, -0.1) is 0 Å². The van der Waals surface area contributed by atoms with Crippen molar-refractivity contribution in [1.82, 2.24) is 10.2 Å². The van der Waals surface area contributed by atoms with Crippen molar-refractivity contribution in [2.24, 2.45) is 0 Å². The Bertz CT molecular complexity index is 1130. The minimum Gasteiger partial charge on any atom is -0.495 e. The third-order valence-electron chi connectivity index (χ3n) is 6.26. The number of ether oxygens (including phenoxy) is 1. The number of anilines is 2. The first-order valence-electron chi connectivity index (χ1n) is 11.4. The van der Waals surface area contributed by atoms with Crippen LogP contribution in [0.1, 0.15) is 22.7 Å². The molecule has 0 saturated carbocycles. The van der Waals surface area contributed by atoms with Crippen molar-refractivity contribution < 1.29 is 9.53 Å². The first-order chi connectivity index (χ1) is 16.4. The van der Waals surface area contributed by atoms with E-state index in [9.17, 15) is 4.79 Å². The molecular formula is C27H31ClN4O2. The number of urea groups is 1. The maximum atomic E-state index is 12.8. The third-order valence-corrected chi connectivity index (χ3v) is 6.50. The van der Waals surface area contributed by atoms with Crippen molar-refractivity contribution in [3.05, 3.63) is 88.4 Å². The SMILES string of the molecule is COc1ccc(Cl)cc1NC(=O)NC[C@@H](c1ccc(N(C)C)cc1)N1CCc2ccccc2C1. The molecule has 0 unspecified atom stereocenters. The molecule has 1 atom stereocenters. The van der Waals surface area contributed by atoms with Crippen molar-refractivity contribution in [1.29, 1.82) is 0 Å². The summed E-state index contributed by atoms with van der Waals surface area (Å²) in [5.74, 6) is 0.558.